The molecule has 0 aliphatic rings. The summed E-state index contributed by atoms with van der Waals surface area (Å²) in [5.74, 6) is 1.05. The van der Waals surface area contributed by atoms with Crippen LogP contribution >= 0.6 is 34.2 Å². The lowest BCUT2D eigenvalue weighted by atomic mass is 10.3. The second-order valence-electron chi connectivity index (χ2n) is 3.11. The van der Waals surface area contributed by atoms with Gasteiger partial charge in [-0.2, -0.15) is 0 Å². The van der Waals surface area contributed by atoms with Crippen LogP contribution in [0.5, 0.6) is 11.6 Å². The molecule has 1 aromatic carbocycles. The maximum atomic E-state index is 5.98. The topological polar surface area (TPSA) is 48.1 Å². The summed E-state index contributed by atoms with van der Waals surface area (Å²) in [5.41, 5.74) is 6.19. The molecule has 0 amide bonds. The average Bonchev–Trinajstić information content (AvgIpc) is 2.25. The molecule has 16 heavy (non-hydrogen) atoms. The fraction of sp³-hybridized carbons (Fsp3) is 0. The number of benzene rings is 1. The lowest BCUT2D eigenvalue weighted by Crippen LogP contribution is -1.90. The molecule has 0 bridgehead atoms. The van der Waals surface area contributed by atoms with Gasteiger partial charge in [0.15, 0.2) is 0 Å². The van der Waals surface area contributed by atoms with Crippen molar-refractivity contribution in [1.29, 1.82) is 0 Å². The Morgan fingerprint density at radius 3 is 2.69 bits per heavy atom. The first-order valence-corrected chi connectivity index (χ1v) is 5.95. The second kappa shape index (κ2) is 4.88. The zero-order chi connectivity index (χ0) is 11.5. The molecule has 1 aromatic heterocycles. The van der Waals surface area contributed by atoms with Gasteiger partial charge in [-0.1, -0.05) is 11.6 Å². The molecule has 0 aliphatic heterocycles. The molecule has 5 heteroatoms. The highest BCUT2D eigenvalue weighted by molar-refractivity contribution is 14.1. The third kappa shape index (κ3) is 2.76. The number of nitrogens with zero attached hydrogens (tertiary/aromatic N) is 1. The summed E-state index contributed by atoms with van der Waals surface area (Å²) in [5, 5.41) is 0.473. The number of hydrogen-bond acceptors (Lipinski definition) is 3. The molecule has 0 saturated heterocycles. The van der Waals surface area contributed by atoms with Crippen LogP contribution in [-0.4, -0.2) is 4.98 Å². The molecule has 0 fully saturated rings. The molecule has 0 radical (unpaired) electrons. The predicted octanol–water partition coefficient (Wildman–Crippen LogP) is 3.71. The van der Waals surface area contributed by atoms with Gasteiger partial charge in [0.1, 0.15) is 5.75 Å². The fourth-order valence-electron chi connectivity index (χ4n) is 1.14. The highest BCUT2D eigenvalue weighted by atomic mass is 127. The van der Waals surface area contributed by atoms with Gasteiger partial charge in [0.05, 0.1) is 5.02 Å². The van der Waals surface area contributed by atoms with Crippen LogP contribution in [0.3, 0.4) is 0 Å². The number of halogens is 2. The smallest absolute Gasteiger partial charge is 0.219 e. The van der Waals surface area contributed by atoms with E-state index in [1.54, 1.807) is 30.5 Å². The zero-order valence-electron chi connectivity index (χ0n) is 8.15. The summed E-state index contributed by atoms with van der Waals surface area (Å²) in [6, 6.07) is 8.79. The highest BCUT2D eigenvalue weighted by Gasteiger charge is 2.04. The standard InChI is InChI=1S/C11H8ClIN2O/c12-9-5-8(14)2-3-10(9)16-11-4-1-7(13)6-15-11/h1-6H,14H2. The Hall–Kier alpha value is -1.01. The summed E-state index contributed by atoms with van der Waals surface area (Å²) >= 11 is 8.15. The van der Waals surface area contributed by atoms with E-state index in [2.05, 4.69) is 27.6 Å². The predicted molar refractivity (Wildman–Crippen MR) is 72.9 cm³/mol. The maximum Gasteiger partial charge on any atom is 0.219 e. The molecule has 1 heterocycles. The largest absolute Gasteiger partial charge is 0.437 e. The molecule has 82 valence electrons. The first kappa shape index (κ1) is 11.5. The number of hydrogen-bond donors (Lipinski definition) is 1. The summed E-state index contributed by atoms with van der Waals surface area (Å²) < 4.78 is 6.57. The number of anilines is 1. The van der Waals surface area contributed by atoms with Crippen LogP contribution in [0.15, 0.2) is 36.5 Å². The van der Waals surface area contributed by atoms with Gasteiger partial charge in [-0.05, 0) is 46.9 Å². The van der Waals surface area contributed by atoms with Crippen molar-refractivity contribution in [2.75, 3.05) is 5.73 Å². The van der Waals surface area contributed by atoms with Crippen molar-refractivity contribution >= 4 is 39.9 Å². The molecule has 0 atom stereocenters. The van der Waals surface area contributed by atoms with Crippen molar-refractivity contribution in [3.63, 3.8) is 0 Å². The number of ether oxygens (including phenoxy) is 1. The van der Waals surface area contributed by atoms with Crippen LogP contribution in [0, 0.1) is 3.57 Å². The van der Waals surface area contributed by atoms with Crippen molar-refractivity contribution in [3.8, 4) is 11.6 Å². The van der Waals surface area contributed by atoms with E-state index >= 15 is 0 Å². The van der Waals surface area contributed by atoms with E-state index in [4.69, 9.17) is 22.1 Å². The lowest BCUT2D eigenvalue weighted by Gasteiger charge is -2.06. The van der Waals surface area contributed by atoms with Crippen LogP contribution in [0.25, 0.3) is 0 Å². The Morgan fingerprint density at radius 1 is 1.25 bits per heavy atom. The van der Waals surface area contributed by atoms with Crippen molar-refractivity contribution in [1.82, 2.24) is 4.98 Å². The fourth-order valence-corrected chi connectivity index (χ4v) is 1.68. The third-order valence-corrected chi connectivity index (χ3v) is 2.80. The number of nitrogen functional groups attached to an aromatic ring is 1. The Morgan fingerprint density at radius 2 is 2.06 bits per heavy atom. The SMILES string of the molecule is Nc1ccc(Oc2ccc(I)cn2)c(Cl)c1. The van der Waals surface area contributed by atoms with Crippen molar-refractivity contribution < 1.29 is 4.74 Å². The van der Waals surface area contributed by atoms with E-state index < -0.39 is 0 Å². The van der Waals surface area contributed by atoms with Crippen LogP contribution in [0.4, 0.5) is 5.69 Å². The third-order valence-electron chi connectivity index (χ3n) is 1.87. The second-order valence-corrected chi connectivity index (χ2v) is 4.76. The van der Waals surface area contributed by atoms with Crippen LogP contribution in [0.2, 0.25) is 5.02 Å². The Kier molecular flexibility index (Phi) is 3.50. The summed E-state index contributed by atoms with van der Waals surface area (Å²) in [6.07, 6.45) is 1.72. The number of nitrogens with two attached hydrogens (primary N) is 1. The Bertz CT molecular complexity index is 502. The van der Waals surface area contributed by atoms with Gasteiger partial charge < -0.3 is 10.5 Å². The minimum Gasteiger partial charge on any atom is -0.437 e. The Balaban J connectivity index is 2.23. The van der Waals surface area contributed by atoms with E-state index in [9.17, 15) is 0 Å². The van der Waals surface area contributed by atoms with Crippen molar-refractivity contribution in [2.24, 2.45) is 0 Å². The quantitative estimate of drug-likeness (QED) is 0.666. The molecule has 2 aromatic rings. The molecule has 0 spiro atoms. The molecular weight excluding hydrogens is 338 g/mol. The van der Waals surface area contributed by atoms with Gasteiger partial charge in [0.2, 0.25) is 5.88 Å². The zero-order valence-corrected chi connectivity index (χ0v) is 11.1. The van der Waals surface area contributed by atoms with E-state index in [1.807, 2.05) is 6.07 Å². The first-order valence-electron chi connectivity index (χ1n) is 4.49. The maximum absolute atomic E-state index is 5.98. The van der Waals surface area contributed by atoms with Crippen LogP contribution < -0.4 is 10.5 Å². The number of aromatic nitrogens is 1. The van der Waals surface area contributed by atoms with E-state index in [0.29, 0.717) is 22.3 Å². The lowest BCUT2D eigenvalue weighted by molar-refractivity contribution is 0.463. The normalized spacial score (nSPS) is 10.1. The molecule has 0 aliphatic carbocycles. The van der Waals surface area contributed by atoms with E-state index in [1.165, 1.54) is 0 Å². The van der Waals surface area contributed by atoms with Gasteiger partial charge in [-0.3, -0.25) is 0 Å². The average molecular weight is 347 g/mol. The number of rotatable bonds is 2. The van der Waals surface area contributed by atoms with Gasteiger partial charge >= 0.3 is 0 Å². The number of pyridine rings is 1. The molecule has 2 N–H and O–H groups in total. The van der Waals surface area contributed by atoms with Gasteiger partial charge in [0, 0.05) is 21.5 Å². The highest BCUT2D eigenvalue weighted by Crippen LogP contribution is 2.29. The summed E-state index contributed by atoms with van der Waals surface area (Å²) in [7, 11) is 0. The monoisotopic (exact) mass is 346 g/mol. The van der Waals surface area contributed by atoms with Crippen molar-refractivity contribution in [2.45, 2.75) is 0 Å². The minimum absolute atomic E-state index is 0.473. The van der Waals surface area contributed by atoms with Crippen molar-refractivity contribution in [3.05, 3.63) is 45.1 Å². The molecule has 3 nitrogen and oxygen atoms in total. The van der Waals surface area contributed by atoms with Crippen LogP contribution in [0.1, 0.15) is 0 Å². The molecule has 0 unspecified atom stereocenters. The minimum atomic E-state index is 0.473. The molecular formula is C11H8ClIN2O. The van der Waals surface area contributed by atoms with Crippen LogP contribution in [-0.2, 0) is 0 Å². The van der Waals surface area contributed by atoms with Gasteiger partial charge in [-0.15, -0.1) is 0 Å². The van der Waals surface area contributed by atoms with E-state index in [0.717, 1.165) is 3.57 Å². The summed E-state index contributed by atoms with van der Waals surface area (Å²) in [4.78, 5) is 4.12. The first-order chi connectivity index (χ1) is 7.65. The Labute approximate surface area is 112 Å². The molecule has 0 saturated carbocycles. The summed E-state index contributed by atoms with van der Waals surface area (Å²) in [6.45, 7) is 0. The van der Waals surface area contributed by atoms with Gasteiger partial charge in [-0.25, -0.2) is 4.98 Å². The molecule has 2 rings (SSSR count). The van der Waals surface area contributed by atoms with E-state index in [-0.39, 0.29) is 0 Å². The van der Waals surface area contributed by atoms with Gasteiger partial charge in [0.25, 0.3) is 0 Å².